The Morgan fingerprint density at radius 1 is 1.39 bits per heavy atom. The molecule has 1 unspecified atom stereocenters. The molecule has 0 aromatic carbocycles. The summed E-state index contributed by atoms with van der Waals surface area (Å²) in [5, 5.41) is 0. The van der Waals surface area contributed by atoms with Crippen LogP contribution in [-0.2, 0) is 13.1 Å². The summed E-state index contributed by atoms with van der Waals surface area (Å²) in [7, 11) is 4.08. The highest BCUT2D eigenvalue weighted by Gasteiger charge is 2.25. The average Bonchev–Trinajstić information content (AvgIpc) is 3.09. The van der Waals surface area contributed by atoms with Crippen molar-refractivity contribution in [2.24, 2.45) is 0 Å². The SMILES string of the molecule is Cc1ccoc1CN1CCC(Oc2ccnc(CN(C)C)c2)C1. The molecule has 5 heteroatoms. The van der Waals surface area contributed by atoms with Crippen LogP contribution in [0.15, 0.2) is 35.1 Å². The van der Waals surface area contributed by atoms with Gasteiger partial charge in [-0.05, 0) is 45.1 Å². The molecule has 2 aromatic rings. The molecule has 1 saturated heterocycles. The topological polar surface area (TPSA) is 41.7 Å². The van der Waals surface area contributed by atoms with Crippen LogP contribution >= 0.6 is 0 Å². The van der Waals surface area contributed by atoms with Crippen LogP contribution in [0.3, 0.4) is 0 Å². The van der Waals surface area contributed by atoms with E-state index >= 15 is 0 Å². The molecule has 23 heavy (non-hydrogen) atoms. The van der Waals surface area contributed by atoms with Crippen molar-refractivity contribution in [2.45, 2.75) is 32.5 Å². The molecule has 1 fully saturated rings. The first-order valence-electron chi connectivity index (χ1n) is 8.12. The molecule has 1 atom stereocenters. The zero-order valence-electron chi connectivity index (χ0n) is 14.2. The number of aromatic nitrogens is 1. The van der Waals surface area contributed by atoms with Crippen molar-refractivity contribution < 1.29 is 9.15 Å². The number of hydrogen-bond acceptors (Lipinski definition) is 5. The normalized spacial score (nSPS) is 18.7. The zero-order valence-corrected chi connectivity index (χ0v) is 14.2. The Bertz CT molecular complexity index is 639. The first kappa shape index (κ1) is 16.0. The second-order valence-corrected chi connectivity index (χ2v) is 6.51. The Hall–Kier alpha value is -1.85. The fraction of sp³-hybridized carbons (Fsp3) is 0.500. The van der Waals surface area contributed by atoms with Crippen molar-refractivity contribution >= 4 is 0 Å². The van der Waals surface area contributed by atoms with Gasteiger partial charge in [-0.1, -0.05) is 0 Å². The Balaban J connectivity index is 1.54. The highest BCUT2D eigenvalue weighted by atomic mass is 16.5. The number of ether oxygens (including phenoxy) is 1. The Morgan fingerprint density at radius 2 is 2.26 bits per heavy atom. The summed E-state index contributed by atoms with van der Waals surface area (Å²) in [4.78, 5) is 8.88. The Kier molecular flexibility index (Phi) is 4.98. The van der Waals surface area contributed by atoms with E-state index in [4.69, 9.17) is 9.15 Å². The van der Waals surface area contributed by atoms with Crippen LogP contribution in [0.25, 0.3) is 0 Å². The van der Waals surface area contributed by atoms with Crippen molar-refractivity contribution in [3.63, 3.8) is 0 Å². The van der Waals surface area contributed by atoms with Crippen molar-refractivity contribution in [1.82, 2.24) is 14.8 Å². The van der Waals surface area contributed by atoms with Crippen LogP contribution in [0.1, 0.15) is 23.4 Å². The predicted molar refractivity (Wildman–Crippen MR) is 89.4 cm³/mol. The highest BCUT2D eigenvalue weighted by molar-refractivity contribution is 5.23. The van der Waals surface area contributed by atoms with E-state index < -0.39 is 0 Å². The summed E-state index contributed by atoms with van der Waals surface area (Å²) in [6.07, 6.45) is 4.87. The quantitative estimate of drug-likeness (QED) is 0.820. The maximum atomic E-state index is 6.15. The second-order valence-electron chi connectivity index (χ2n) is 6.51. The number of nitrogens with zero attached hydrogens (tertiary/aromatic N) is 3. The Labute approximate surface area is 137 Å². The molecule has 0 N–H and O–H groups in total. The lowest BCUT2D eigenvalue weighted by molar-refractivity contribution is 0.194. The lowest BCUT2D eigenvalue weighted by Gasteiger charge is -2.17. The van der Waals surface area contributed by atoms with Crippen molar-refractivity contribution in [1.29, 1.82) is 0 Å². The van der Waals surface area contributed by atoms with E-state index in [1.54, 1.807) is 6.26 Å². The van der Waals surface area contributed by atoms with Gasteiger partial charge in [0, 0.05) is 31.9 Å². The molecule has 2 aromatic heterocycles. The van der Waals surface area contributed by atoms with Gasteiger partial charge in [-0.3, -0.25) is 9.88 Å². The van der Waals surface area contributed by atoms with E-state index in [0.717, 1.165) is 49.8 Å². The van der Waals surface area contributed by atoms with Gasteiger partial charge in [-0.2, -0.15) is 0 Å². The van der Waals surface area contributed by atoms with E-state index in [1.165, 1.54) is 5.56 Å². The largest absolute Gasteiger partial charge is 0.489 e. The number of rotatable bonds is 6. The van der Waals surface area contributed by atoms with E-state index in [1.807, 2.05) is 38.5 Å². The van der Waals surface area contributed by atoms with E-state index in [-0.39, 0.29) is 6.10 Å². The fourth-order valence-corrected chi connectivity index (χ4v) is 2.94. The molecule has 0 amide bonds. The monoisotopic (exact) mass is 315 g/mol. The molecule has 0 radical (unpaired) electrons. The van der Waals surface area contributed by atoms with E-state index in [9.17, 15) is 0 Å². The standard InChI is InChI=1S/C18H25N3O2/c1-14-6-9-22-18(14)13-21-8-5-17(12-21)23-16-4-7-19-15(10-16)11-20(2)3/h4,6-7,9-10,17H,5,8,11-13H2,1-3H3. The molecule has 1 aliphatic heterocycles. The van der Waals surface area contributed by atoms with Gasteiger partial charge in [0.1, 0.15) is 17.6 Å². The van der Waals surface area contributed by atoms with Gasteiger partial charge in [0.2, 0.25) is 0 Å². The molecular weight excluding hydrogens is 290 g/mol. The van der Waals surface area contributed by atoms with Gasteiger partial charge in [-0.15, -0.1) is 0 Å². The third-order valence-corrected chi connectivity index (χ3v) is 4.13. The minimum absolute atomic E-state index is 0.236. The summed E-state index contributed by atoms with van der Waals surface area (Å²) in [6.45, 7) is 5.75. The van der Waals surface area contributed by atoms with Crippen LogP contribution < -0.4 is 4.74 Å². The van der Waals surface area contributed by atoms with Crippen molar-refractivity contribution in [3.8, 4) is 5.75 Å². The summed E-state index contributed by atoms with van der Waals surface area (Å²) < 4.78 is 11.7. The van der Waals surface area contributed by atoms with Crippen LogP contribution in [0, 0.1) is 6.92 Å². The number of furan rings is 1. The van der Waals surface area contributed by atoms with Gasteiger partial charge >= 0.3 is 0 Å². The number of likely N-dealkylation sites (tertiary alicyclic amines) is 1. The number of pyridine rings is 1. The highest BCUT2D eigenvalue weighted by Crippen LogP contribution is 2.21. The third kappa shape index (κ3) is 4.33. The molecule has 0 saturated carbocycles. The van der Waals surface area contributed by atoms with Gasteiger partial charge < -0.3 is 14.1 Å². The number of aryl methyl sites for hydroxylation is 1. The fourth-order valence-electron chi connectivity index (χ4n) is 2.94. The first-order valence-corrected chi connectivity index (χ1v) is 8.12. The molecule has 0 spiro atoms. The summed E-state index contributed by atoms with van der Waals surface area (Å²) in [6, 6.07) is 6.00. The summed E-state index contributed by atoms with van der Waals surface area (Å²) in [5.74, 6) is 1.97. The van der Waals surface area contributed by atoms with Gasteiger partial charge in [-0.25, -0.2) is 0 Å². The van der Waals surface area contributed by atoms with Gasteiger partial charge in [0.15, 0.2) is 0 Å². The lowest BCUT2D eigenvalue weighted by Crippen LogP contribution is -2.24. The molecule has 1 aliphatic rings. The molecule has 0 bridgehead atoms. The molecule has 3 heterocycles. The average molecular weight is 315 g/mol. The molecular formula is C18H25N3O2. The van der Waals surface area contributed by atoms with Gasteiger partial charge in [0.05, 0.1) is 18.5 Å². The predicted octanol–water partition coefficient (Wildman–Crippen LogP) is 2.70. The summed E-state index contributed by atoms with van der Waals surface area (Å²) >= 11 is 0. The molecule has 5 nitrogen and oxygen atoms in total. The molecule has 3 rings (SSSR count). The lowest BCUT2D eigenvalue weighted by atomic mass is 10.3. The maximum absolute atomic E-state index is 6.15. The molecule has 124 valence electrons. The third-order valence-electron chi connectivity index (χ3n) is 4.13. The van der Waals surface area contributed by atoms with Crippen LogP contribution in [-0.4, -0.2) is 48.1 Å². The van der Waals surface area contributed by atoms with Crippen molar-refractivity contribution in [3.05, 3.63) is 47.7 Å². The number of hydrogen-bond donors (Lipinski definition) is 0. The van der Waals surface area contributed by atoms with E-state index in [0.29, 0.717) is 0 Å². The van der Waals surface area contributed by atoms with Crippen LogP contribution in [0.2, 0.25) is 0 Å². The molecule has 0 aliphatic carbocycles. The minimum atomic E-state index is 0.236. The van der Waals surface area contributed by atoms with Crippen LogP contribution in [0.4, 0.5) is 0 Å². The Morgan fingerprint density at radius 3 is 3.00 bits per heavy atom. The maximum Gasteiger partial charge on any atom is 0.123 e. The van der Waals surface area contributed by atoms with E-state index in [2.05, 4.69) is 21.7 Å². The van der Waals surface area contributed by atoms with Crippen molar-refractivity contribution in [2.75, 3.05) is 27.2 Å². The minimum Gasteiger partial charge on any atom is -0.489 e. The smallest absolute Gasteiger partial charge is 0.123 e. The summed E-state index contributed by atoms with van der Waals surface area (Å²) in [5.41, 5.74) is 2.25. The van der Waals surface area contributed by atoms with Gasteiger partial charge in [0.25, 0.3) is 0 Å². The first-order chi connectivity index (χ1) is 11.1. The van der Waals surface area contributed by atoms with Crippen LogP contribution in [0.5, 0.6) is 5.75 Å². The second kappa shape index (κ2) is 7.15. The zero-order chi connectivity index (χ0) is 16.2.